The average molecular weight is 264 g/mol. The SMILES string of the molecule is Fc1ccc(CNC2CCN3COCCC3C2)cc1. The van der Waals surface area contributed by atoms with Gasteiger partial charge in [-0.15, -0.1) is 0 Å². The molecule has 2 atom stereocenters. The summed E-state index contributed by atoms with van der Waals surface area (Å²) in [5.41, 5.74) is 1.15. The highest BCUT2D eigenvalue weighted by molar-refractivity contribution is 5.15. The van der Waals surface area contributed by atoms with Gasteiger partial charge in [0.05, 0.1) is 6.73 Å². The number of fused-ring (bicyclic) bond motifs is 1. The number of hydrogen-bond acceptors (Lipinski definition) is 3. The molecular formula is C15H21FN2O. The Balaban J connectivity index is 1.49. The fourth-order valence-electron chi connectivity index (χ4n) is 3.02. The number of ether oxygens (including phenoxy) is 1. The van der Waals surface area contributed by atoms with E-state index in [4.69, 9.17) is 4.74 Å². The number of hydrogen-bond donors (Lipinski definition) is 1. The van der Waals surface area contributed by atoms with Crippen LogP contribution in [-0.2, 0) is 11.3 Å². The number of nitrogens with one attached hydrogen (secondary N) is 1. The van der Waals surface area contributed by atoms with Crippen LogP contribution < -0.4 is 5.32 Å². The third-order valence-corrected chi connectivity index (χ3v) is 4.20. The van der Waals surface area contributed by atoms with Gasteiger partial charge in [0, 0.05) is 31.8 Å². The Kier molecular flexibility index (Phi) is 4.11. The van der Waals surface area contributed by atoms with Crippen LogP contribution in [0.1, 0.15) is 24.8 Å². The molecular weight excluding hydrogens is 243 g/mol. The molecule has 3 nitrogen and oxygen atoms in total. The second kappa shape index (κ2) is 5.99. The third-order valence-electron chi connectivity index (χ3n) is 4.20. The molecule has 0 radical (unpaired) electrons. The van der Waals surface area contributed by atoms with Gasteiger partial charge in [0.15, 0.2) is 0 Å². The number of benzene rings is 1. The molecule has 2 fully saturated rings. The highest BCUT2D eigenvalue weighted by Gasteiger charge is 2.30. The van der Waals surface area contributed by atoms with E-state index in [1.807, 2.05) is 12.1 Å². The molecule has 4 heteroatoms. The van der Waals surface area contributed by atoms with Crippen molar-refractivity contribution in [1.82, 2.24) is 10.2 Å². The molecule has 0 saturated carbocycles. The second-order valence-electron chi connectivity index (χ2n) is 5.52. The summed E-state index contributed by atoms with van der Waals surface area (Å²) in [5.74, 6) is -0.167. The van der Waals surface area contributed by atoms with Crippen LogP contribution in [0.4, 0.5) is 4.39 Å². The lowest BCUT2D eigenvalue weighted by Crippen LogP contribution is -2.51. The van der Waals surface area contributed by atoms with Crippen molar-refractivity contribution in [3.63, 3.8) is 0 Å². The zero-order chi connectivity index (χ0) is 13.1. The molecule has 19 heavy (non-hydrogen) atoms. The topological polar surface area (TPSA) is 24.5 Å². The lowest BCUT2D eigenvalue weighted by Gasteiger charge is -2.42. The standard InChI is InChI=1S/C15H21FN2O/c16-13-3-1-12(2-4-13)10-17-14-5-7-18-11-19-8-6-15(18)9-14/h1-4,14-15,17H,5-11H2. The maximum atomic E-state index is 12.8. The summed E-state index contributed by atoms with van der Waals surface area (Å²) in [6.45, 7) is 3.64. The maximum Gasteiger partial charge on any atom is 0.123 e. The molecule has 2 unspecified atom stereocenters. The summed E-state index contributed by atoms with van der Waals surface area (Å²) >= 11 is 0. The molecule has 3 rings (SSSR count). The Labute approximate surface area is 113 Å². The van der Waals surface area contributed by atoms with Crippen LogP contribution in [0.3, 0.4) is 0 Å². The van der Waals surface area contributed by atoms with Crippen LogP contribution in [0.25, 0.3) is 0 Å². The maximum absolute atomic E-state index is 12.8. The van der Waals surface area contributed by atoms with Gasteiger partial charge in [0.2, 0.25) is 0 Å². The Hall–Kier alpha value is -0.970. The van der Waals surface area contributed by atoms with Crippen molar-refractivity contribution in [2.75, 3.05) is 19.9 Å². The van der Waals surface area contributed by atoms with Crippen molar-refractivity contribution in [3.05, 3.63) is 35.6 Å². The molecule has 2 aliphatic rings. The van der Waals surface area contributed by atoms with Gasteiger partial charge in [-0.3, -0.25) is 4.90 Å². The van der Waals surface area contributed by atoms with Crippen molar-refractivity contribution in [2.45, 2.75) is 37.9 Å². The minimum atomic E-state index is -0.167. The Bertz CT molecular complexity index is 409. The largest absolute Gasteiger partial charge is 0.366 e. The van der Waals surface area contributed by atoms with Crippen LogP contribution in [0.2, 0.25) is 0 Å². The van der Waals surface area contributed by atoms with E-state index < -0.39 is 0 Å². The lowest BCUT2D eigenvalue weighted by molar-refractivity contribution is -0.0659. The van der Waals surface area contributed by atoms with Crippen LogP contribution in [0, 0.1) is 5.82 Å². The zero-order valence-corrected chi connectivity index (χ0v) is 11.1. The van der Waals surface area contributed by atoms with Gasteiger partial charge in [-0.2, -0.15) is 0 Å². The minimum absolute atomic E-state index is 0.167. The van der Waals surface area contributed by atoms with Crippen molar-refractivity contribution >= 4 is 0 Å². The first-order valence-corrected chi connectivity index (χ1v) is 7.11. The van der Waals surface area contributed by atoms with E-state index in [9.17, 15) is 4.39 Å². The van der Waals surface area contributed by atoms with Gasteiger partial charge in [-0.25, -0.2) is 4.39 Å². The van der Waals surface area contributed by atoms with Crippen LogP contribution in [0.5, 0.6) is 0 Å². The number of piperidine rings is 1. The first kappa shape index (κ1) is 13.0. The Morgan fingerprint density at radius 2 is 2.11 bits per heavy atom. The summed E-state index contributed by atoms with van der Waals surface area (Å²) < 4.78 is 18.3. The average Bonchev–Trinajstić information content (AvgIpc) is 2.46. The molecule has 104 valence electrons. The molecule has 1 N–H and O–H groups in total. The van der Waals surface area contributed by atoms with Crippen molar-refractivity contribution < 1.29 is 9.13 Å². The van der Waals surface area contributed by atoms with Crippen molar-refractivity contribution in [1.29, 1.82) is 0 Å². The van der Waals surface area contributed by atoms with Gasteiger partial charge in [0.25, 0.3) is 0 Å². The normalized spacial score (nSPS) is 28.1. The number of halogens is 1. The summed E-state index contributed by atoms with van der Waals surface area (Å²) in [5, 5.41) is 3.60. The lowest BCUT2D eigenvalue weighted by atomic mass is 9.94. The summed E-state index contributed by atoms with van der Waals surface area (Å²) in [7, 11) is 0. The summed E-state index contributed by atoms with van der Waals surface area (Å²) in [6.07, 6.45) is 3.51. The van der Waals surface area contributed by atoms with Crippen molar-refractivity contribution in [2.24, 2.45) is 0 Å². The number of rotatable bonds is 3. The summed E-state index contributed by atoms with van der Waals surface area (Å²) in [6, 6.07) is 8.01. The van der Waals surface area contributed by atoms with Gasteiger partial charge < -0.3 is 10.1 Å². The molecule has 1 aromatic carbocycles. The van der Waals surface area contributed by atoms with Gasteiger partial charge >= 0.3 is 0 Å². The van der Waals surface area contributed by atoms with E-state index in [-0.39, 0.29) is 5.82 Å². The fraction of sp³-hybridized carbons (Fsp3) is 0.600. The van der Waals surface area contributed by atoms with Crippen LogP contribution in [-0.4, -0.2) is 36.9 Å². The third kappa shape index (κ3) is 3.32. The Morgan fingerprint density at radius 1 is 1.26 bits per heavy atom. The van der Waals surface area contributed by atoms with E-state index in [2.05, 4.69) is 10.2 Å². The predicted molar refractivity (Wildman–Crippen MR) is 72.2 cm³/mol. The van der Waals surface area contributed by atoms with Gasteiger partial charge in [-0.05, 0) is 37.0 Å². The first-order chi connectivity index (χ1) is 9.31. The smallest absolute Gasteiger partial charge is 0.123 e. The van der Waals surface area contributed by atoms with E-state index in [0.717, 1.165) is 38.4 Å². The van der Waals surface area contributed by atoms with E-state index in [1.165, 1.54) is 25.0 Å². The minimum Gasteiger partial charge on any atom is -0.366 e. The highest BCUT2D eigenvalue weighted by Crippen LogP contribution is 2.23. The Morgan fingerprint density at radius 3 is 2.95 bits per heavy atom. The molecule has 0 amide bonds. The predicted octanol–water partition coefficient (Wildman–Crippen LogP) is 2.13. The van der Waals surface area contributed by atoms with Crippen LogP contribution in [0.15, 0.2) is 24.3 Å². The molecule has 1 aromatic rings. The van der Waals surface area contributed by atoms with E-state index in [0.29, 0.717) is 12.1 Å². The first-order valence-electron chi connectivity index (χ1n) is 7.11. The van der Waals surface area contributed by atoms with E-state index in [1.54, 1.807) is 0 Å². The van der Waals surface area contributed by atoms with Crippen LogP contribution >= 0.6 is 0 Å². The number of nitrogens with zero attached hydrogens (tertiary/aromatic N) is 1. The molecule has 0 spiro atoms. The molecule has 0 aliphatic carbocycles. The molecule has 0 bridgehead atoms. The van der Waals surface area contributed by atoms with Gasteiger partial charge in [-0.1, -0.05) is 12.1 Å². The van der Waals surface area contributed by atoms with E-state index >= 15 is 0 Å². The van der Waals surface area contributed by atoms with Gasteiger partial charge in [0.1, 0.15) is 5.82 Å². The molecule has 2 saturated heterocycles. The molecule has 2 aliphatic heterocycles. The summed E-state index contributed by atoms with van der Waals surface area (Å²) in [4.78, 5) is 2.44. The fourth-order valence-corrected chi connectivity index (χ4v) is 3.02. The quantitative estimate of drug-likeness (QED) is 0.905. The molecule has 2 heterocycles. The highest BCUT2D eigenvalue weighted by atomic mass is 19.1. The van der Waals surface area contributed by atoms with Crippen molar-refractivity contribution in [3.8, 4) is 0 Å². The molecule has 0 aromatic heterocycles. The monoisotopic (exact) mass is 264 g/mol. The second-order valence-corrected chi connectivity index (χ2v) is 5.52. The zero-order valence-electron chi connectivity index (χ0n) is 11.1.